The van der Waals surface area contributed by atoms with Crippen molar-refractivity contribution in [2.45, 2.75) is 6.92 Å². The average molecular weight is 230 g/mol. The highest BCUT2D eigenvalue weighted by atomic mass is 19.1. The van der Waals surface area contributed by atoms with Crippen LogP contribution in [0, 0.1) is 5.92 Å². The molecule has 0 spiro atoms. The largest absolute Gasteiger partial charge is 0.465 e. The van der Waals surface area contributed by atoms with Crippen LogP contribution in [0.15, 0.2) is 28.7 Å². The number of carbonyl (C=O) groups is 1. The summed E-state index contributed by atoms with van der Waals surface area (Å²) in [7, 11) is 1.15. The number of hydrogen-bond donors (Lipinski definition) is 1. The van der Waals surface area contributed by atoms with E-state index >= 15 is 0 Å². The van der Waals surface area contributed by atoms with Gasteiger partial charge in [0.05, 0.1) is 19.2 Å². The minimum Gasteiger partial charge on any atom is -0.465 e. The molecule has 0 bridgehead atoms. The van der Waals surface area contributed by atoms with Crippen LogP contribution in [0.5, 0.6) is 0 Å². The minimum absolute atomic E-state index is 0.230. The summed E-state index contributed by atoms with van der Waals surface area (Å²) in [6.07, 6.45) is 2.55. The highest BCUT2D eigenvalue weighted by Crippen LogP contribution is 2.13. The van der Waals surface area contributed by atoms with Gasteiger partial charge in [-0.3, -0.25) is 0 Å². The predicted octanol–water partition coefficient (Wildman–Crippen LogP) is 1.46. The number of hydrazone groups is 1. The summed E-state index contributed by atoms with van der Waals surface area (Å²) in [5, 5.41) is 3.32. The van der Waals surface area contributed by atoms with E-state index in [0.717, 1.165) is 7.11 Å². The van der Waals surface area contributed by atoms with E-state index in [2.05, 4.69) is 15.3 Å². The Morgan fingerprint density at radius 2 is 2.31 bits per heavy atom. The molecule has 1 atom stereocenters. The number of carbonyl (C=O) groups excluding carboxylic acids is 1. The maximum absolute atomic E-state index is 13.4. The lowest BCUT2D eigenvalue weighted by molar-refractivity contribution is -0.135. The van der Waals surface area contributed by atoms with Crippen LogP contribution in [-0.2, 0) is 9.53 Å². The Morgan fingerprint density at radius 3 is 2.94 bits per heavy atom. The number of halogens is 2. The van der Waals surface area contributed by atoms with E-state index in [1.54, 1.807) is 0 Å². The molecule has 0 aromatic carbocycles. The maximum atomic E-state index is 13.4. The summed E-state index contributed by atoms with van der Waals surface area (Å²) in [4.78, 5) is 11.2. The van der Waals surface area contributed by atoms with Crippen LogP contribution in [0.3, 0.4) is 0 Å². The van der Waals surface area contributed by atoms with Gasteiger partial charge in [0.15, 0.2) is 0 Å². The zero-order valence-corrected chi connectivity index (χ0v) is 8.96. The van der Waals surface area contributed by atoms with E-state index < -0.39 is 23.7 Å². The van der Waals surface area contributed by atoms with Crippen LogP contribution in [0.25, 0.3) is 0 Å². The van der Waals surface area contributed by atoms with Gasteiger partial charge in [0.25, 0.3) is 0 Å². The van der Waals surface area contributed by atoms with Crippen molar-refractivity contribution in [3.05, 3.63) is 23.6 Å². The molecule has 1 unspecified atom stereocenters. The quantitative estimate of drug-likeness (QED) is 0.694. The molecule has 1 heterocycles. The number of esters is 1. The van der Waals surface area contributed by atoms with Gasteiger partial charge in [0.2, 0.25) is 5.97 Å². The van der Waals surface area contributed by atoms with Gasteiger partial charge in [0.1, 0.15) is 5.83 Å². The van der Waals surface area contributed by atoms with Crippen LogP contribution < -0.4 is 5.43 Å². The first-order valence-corrected chi connectivity index (χ1v) is 4.67. The Balaban J connectivity index is 3.03. The second kappa shape index (κ2) is 5.39. The number of hydrogen-bond acceptors (Lipinski definition) is 4. The summed E-state index contributed by atoms with van der Waals surface area (Å²) < 4.78 is 31.0. The fraction of sp³-hybridized carbons (Fsp3) is 0.400. The molecule has 1 aliphatic rings. The van der Waals surface area contributed by atoms with Crippen LogP contribution in [0.4, 0.5) is 8.78 Å². The lowest BCUT2D eigenvalue weighted by Gasteiger charge is -2.02. The Bertz CT molecular complexity index is 375. The van der Waals surface area contributed by atoms with Gasteiger partial charge in [-0.25, -0.2) is 9.18 Å². The molecule has 0 aliphatic carbocycles. The molecule has 0 aromatic rings. The maximum Gasteiger partial charge on any atom is 0.340 e. The normalized spacial score (nSPS) is 31.2. The summed E-state index contributed by atoms with van der Waals surface area (Å²) in [6.45, 7) is 1.18. The SMILES string of the molecule is COC(=O)C1=C(\F)CN/N=C(/F)C(C)/C=C\1. The molecule has 0 aromatic heterocycles. The minimum atomic E-state index is -0.801. The zero-order valence-electron chi connectivity index (χ0n) is 8.96. The molecule has 1 aliphatic heterocycles. The van der Waals surface area contributed by atoms with Gasteiger partial charge < -0.3 is 10.2 Å². The zero-order chi connectivity index (χ0) is 12.1. The average Bonchev–Trinajstić information content (AvgIpc) is 2.32. The van der Waals surface area contributed by atoms with Gasteiger partial charge in [0, 0.05) is 5.92 Å². The van der Waals surface area contributed by atoms with Gasteiger partial charge in [-0.15, -0.1) is 0 Å². The van der Waals surface area contributed by atoms with E-state index in [9.17, 15) is 13.6 Å². The van der Waals surface area contributed by atoms with Crippen LogP contribution in [0.1, 0.15) is 6.92 Å². The second-order valence-corrected chi connectivity index (χ2v) is 3.23. The van der Waals surface area contributed by atoms with Crippen molar-refractivity contribution in [3.63, 3.8) is 0 Å². The Hall–Kier alpha value is -1.72. The van der Waals surface area contributed by atoms with E-state index in [4.69, 9.17) is 0 Å². The number of nitrogens with one attached hydrogen (secondary N) is 1. The number of ether oxygens (including phenoxy) is 1. The highest BCUT2D eigenvalue weighted by molar-refractivity contribution is 5.92. The molecule has 0 radical (unpaired) electrons. The van der Waals surface area contributed by atoms with E-state index in [1.165, 1.54) is 19.1 Å². The summed E-state index contributed by atoms with van der Waals surface area (Å²) >= 11 is 0. The molecule has 1 N–H and O–H groups in total. The topological polar surface area (TPSA) is 50.7 Å². The number of rotatable bonds is 1. The molecule has 0 amide bonds. The Morgan fingerprint density at radius 1 is 1.62 bits per heavy atom. The number of nitrogens with zero attached hydrogens (tertiary/aromatic N) is 1. The van der Waals surface area contributed by atoms with Crippen molar-refractivity contribution < 1.29 is 18.3 Å². The van der Waals surface area contributed by atoms with Gasteiger partial charge in [-0.1, -0.05) is 13.0 Å². The van der Waals surface area contributed by atoms with Crippen molar-refractivity contribution in [1.29, 1.82) is 0 Å². The molecule has 88 valence electrons. The van der Waals surface area contributed by atoms with Crippen molar-refractivity contribution in [3.8, 4) is 0 Å². The van der Waals surface area contributed by atoms with Crippen LogP contribution in [-0.4, -0.2) is 25.6 Å². The lowest BCUT2D eigenvalue weighted by atomic mass is 10.1. The number of methoxy groups -OCH3 is 1. The van der Waals surface area contributed by atoms with E-state index in [-0.39, 0.29) is 12.1 Å². The summed E-state index contributed by atoms with van der Waals surface area (Å²) in [5.74, 6) is -2.84. The molecule has 1 rings (SSSR count). The molecular weight excluding hydrogens is 218 g/mol. The van der Waals surface area contributed by atoms with Crippen LogP contribution >= 0.6 is 0 Å². The third-order valence-corrected chi connectivity index (χ3v) is 2.04. The third-order valence-electron chi connectivity index (χ3n) is 2.04. The molecule has 0 saturated heterocycles. The first-order valence-electron chi connectivity index (χ1n) is 4.67. The summed E-state index contributed by atoms with van der Waals surface area (Å²) in [6, 6.07) is 0. The molecular formula is C10H12F2N2O2. The molecule has 0 fully saturated rings. The number of allylic oxidation sites excluding steroid dienone is 1. The molecule has 6 heteroatoms. The molecule has 4 nitrogen and oxygen atoms in total. The monoisotopic (exact) mass is 230 g/mol. The van der Waals surface area contributed by atoms with Crippen molar-refractivity contribution in [2.75, 3.05) is 13.7 Å². The Kier molecular flexibility index (Phi) is 4.16. The first-order chi connectivity index (χ1) is 7.56. The van der Waals surface area contributed by atoms with Gasteiger partial charge in [-0.05, 0) is 6.08 Å². The van der Waals surface area contributed by atoms with E-state index in [0.29, 0.717) is 0 Å². The van der Waals surface area contributed by atoms with Crippen molar-refractivity contribution in [1.82, 2.24) is 5.43 Å². The summed E-state index contributed by atoms with van der Waals surface area (Å²) in [5.41, 5.74) is 1.97. The van der Waals surface area contributed by atoms with Crippen LogP contribution in [0.2, 0.25) is 0 Å². The standard InChI is InChI=1S/C10H12F2N2O2/c1-6-3-4-7(10(15)16-2)8(11)5-13-14-9(6)12/h3-4,6,13H,5H2,1-2H3/b4-3-,8-7-,14-9+. The van der Waals surface area contributed by atoms with Gasteiger partial charge >= 0.3 is 5.97 Å². The Labute approximate surface area is 91.7 Å². The smallest absolute Gasteiger partial charge is 0.340 e. The fourth-order valence-corrected chi connectivity index (χ4v) is 1.08. The highest BCUT2D eigenvalue weighted by Gasteiger charge is 2.16. The third kappa shape index (κ3) is 2.88. The van der Waals surface area contributed by atoms with E-state index in [1.807, 2.05) is 0 Å². The lowest BCUT2D eigenvalue weighted by Crippen LogP contribution is -2.14. The van der Waals surface area contributed by atoms with Crippen molar-refractivity contribution >= 4 is 11.9 Å². The predicted molar refractivity (Wildman–Crippen MR) is 55.0 cm³/mol. The first kappa shape index (κ1) is 12.4. The molecule has 16 heavy (non-hydrogen) atoms. The fourth-order valence-electron chi connectivity index (χ4n) is 1.08. The molecule has 0 saturated carbocycles. The van der Waals surface area contributed by atoms with Crippen molar-refractivity contribution in [2.24, 2.45) is 11.0 Å². The van der Waals surface area contributed by atoms with Gasteiger partial charge in [-0.2, -0.15) is 9.49 Å². The second-order valence-electron chi connectivity index (χ2n) is 3.23.